The van der Waals surface area contributed by atoms with Crippen molar-refractivity contribution < 1.29 is 25.2 Å². The Morgan fingerprint density at radius 1 is 0.512 bits per heavy atom. The largest absolute Gasteiger partial charge is 0.395 e. The molecule has 17 nitrogen and oxygen atoms in total. The first-order valence-electron chi connectivity index (χ1n) is 32.6. The molecule has 5 N–H and O–H groups in total. The number of piperazine rings is 3. The van der Waals surface area contributed by atoms with Gasteiger partial charge in [-0.2, -0.15) is 0 Å². The molecule has 1 amide bonds. The summed E-state index contributed by atoms with van der Waals surface area (Å²) < 4.78 is 0. The lowest BCUT2D eigenvalue weighted by molar-refractivity contribution is -0.125. The van der Waals surface area contributed by atoms with E-state index < -0.39 is 0 Å². The van der Waals surface area contributed by atoms with Gasteiger partial charge in [-0.15, -0.1) is 0 Å². The van der Waals surface area contributed by atoms with Gasteiger partial charge in [0.05, 0.1) is 24.9 Å². The van der Waals surface area contributed by atoms with Gasteiger partial charge < -0.3 is 69.8 Å². The minimum absolute atomic E-state index is 0.0220. The molecule has 0 atom stereocenters. The van der Waals surface area contributed by atoms with Crippen LogP contribution in [0.5, 0.6) is 0 Å². The number of aliphatic hydroxyl groups is 4. The van der Waals surface area contributed by atoms with Crippen LogP contribution < -0.4 is 5.32 Å². The monoisotopic (exact) mass is 1150 g/mol. The quantitative estimate of drug-likeness (QED) is 0.184. The van der Waals surface area contributed by atoms with E-state index in [2.05, 4.69) is 136 Å². The van der Waals surface area contributed by atoms with Gasteiger partial charge in [-0.05, 0) is 169 Å². The Balaban J connectivity index is -0.000000418. The number of aliphatic hydroxyl groups excluding tert-OH is 3. The van der Waals surface area contributed by atoms with E-state index in [0.29, 0.717) is 18.7 Å². The van der Waals surface area contributed by atoms with E-state index in [1.54, 1.807) is 0 Å². The van der Waals surface area contributed by atoms with Gasteiger partial charge in [-0.25, -0.2) is 0 Å². The molecule has 0 spiro atoms. The Bertz CT molecular complexity index is 1230. The SMILES string of the molecule is CC.CC.CC.CC.CC(C)C(=O)NC1CCN(C)CC1.CC(C)N(C)CCO.CC(C)N1CCC(N2CCN(C)CC2)CC1.CN1CCC(C)(O)CC1.CN1CCC(O)CC1.CN1CCN(C)CC1.CN1CCN(CCO)CC1. The molecule has 7 saturated heterocycles. The van der Waals surface area contributed by atoms with E-state index in [4.69, 9.17) is 15.3 Å². The number of amides is 1. The summed E-state index contributed by atoms with van der Waals surface area (Å²) in [4.78, 5) is 37.4. The molecule has 17 heteroatoms. The van der Waals surface area contributed by atoms with Crippen molar-refractivity contribution in [3.63, 3.8) is 0 Å². The molecule has 7 fully saturated rings. The van der Waals surface area contributed by atoms with Crippen LogP contribution >= 0.6 is 0 Å². The molecule has 0 aromatic heterocycles. The fraction of sp³-hybridized carbons (Fsp3) is 0.984. The number of hydrogen-bond acceptors (Lipinski definition) is 16. The van der Waals surface area contributed by atoms with Gasteiger partial charge in [-0.1, -0.05) is 69.2 Å². The van der Waals surface area contributed by atoms with Crippen molar-refractivity contribution in [1.29, 1.82) is 0 Å². The molecule has 0 aromatic rings. The summed E-state index contributed by atoms with van der Waals surface area (Å²) in [6.45, 7) is 56.3. The van der Waals surface area contributed by atoms with E-state index in [-0.39, 0.29) is 30.1 Å². The predicted molar refractivity (Wildman–Crippen MR) is 349 cm³/mol. The number of β-amino-alcohol motifs (C(OH)–C–C–N with tert-alkyl or cyclic N) is 1. The van der Waals surface area contributed by atoms with Crippen molar-refractivity contribution in [2.75, 3.05) is 214 Å². The van der Waals surface area contributed by atoms with Crippen LogP contribution in [-0.4, -0.2) is 330 Å². The molecule has 0 radical (unpaired) electrons. The third-order valence-corrected chi connectivity index (χ3v) is 15.7. The number of likely N-dealkylation sites (N-methyl/N-ethyl adjacent to an activating group) is 5. The summed E-state index contributed by atoms with van der Waals surface area (Å²) >= 11 is 0. The molecular weight excluding hydrogens is 1000 g/mol. The van der Waals surface area contributed by atoms with Crippen molar-refractivity contribution in [2.24, 2.45) is 5.92 Å². The van der Waals surface area contributed by atoms with E-state index in [1.807, 2.05) is 83.2 Å². The standard InChI is InChI=1S/C13H27N3.C10H20N2O.C7H16N2O.C7H15NO.C6H14N2.C6H13NO.C6H15NO.4C2H6/c1-12(2)15-6-4-13(5-7-15)16-10-8-14(3)9-11-16;1-8(2)10(13)11-9-4-6-12(3)7-5-9;1-8-2-4-9(5-3-8)6-7-10;1-7(9)3-5-8(2)6-4-7;1-7-3-5-8(2)6-4-7;1-7-4-2-6(8)3-5-7;1-6(2)7(3)4-5-8;4*1-2/h12-13H,4-11H2,1-3H3;8-9H,4-7H2,1-3H3,(H,11,13);10H,2-7H2,1H3;9H,3-6H2,1-2H3;3-6H2,1-2H3;6,8H,2-5H2,1H3;6,8H,4-5H2,1-3H3;4*1-2H3. The topological polar surface area (TPSA) is 146 Å². The molecule has 0 aromatic carbocycles. The first-order valence-corrected chi connectivity index (χ1v) is 32.6. The number of piperidine rings is 4. The number of likely N-dealkylation sites (tertiary alicyclic amines) is 4. The second-order valence-electron chi connectivity index (χ2n) is 23.5. The van der Waals surface area contributed by atoms with Crippen LogP contribution in [0.4, 0.5) is 0 Å². The van der Waals surface area contributed by atoms with Crippen LogP contribution in [-0.2, 0) is 4.79 Å². The lowest BCUT2D eigenvalue weighted by Crippen LogP contribution is -2.53. The van der Waals surface area contributed by atoms with Crippen molar-refractivity contribution in [3.8, 4) is 0 Å². The first kappa shape index (κ1) is 85.3. The van der Waals surface area contributed by atoms with Gasteiger partial charge in [0.2, 0.25) is 5.91 Å². The van der Waals surface area contributed by atoms with E-state index in [1.165, 1.54) is 78.3 Å². The van der Waals surface area contributed by atoms with Crippen molar-refractivity contribution in [1.82, 2.24) is 59.2 Å². The molecule has 7 rings (SSSR count). The van der Waals surface area contributed by atoms with Crippen LogP contribution in [0, 0.1) is 5.92 Å². The smallest absolute Gasteiger partial charge is 0.222 e. The fourth-order valence-corrected chi connectivity index (χ4v) is 9.11. The van der Waals surface area contributed by atoms with Gasteiger partial charge in [0.1, 0.15) is 0 Å². The Morgan fingerprint density at radius 2 is 0.863 bits per heavy atom. The average molecular weight is 1150 g/mol. The van der Waals surface area contributed by atoms with Gasteiger partial charge in [-0.3, -0.25) is 14.6 Å². The highest BCUT2D eigenvalue weighted by atomic mass is 16.3. The summed E-state index contributed by atoms with van der Waals surface area (Å²) in [7, 11) is 17.0. The van der Waals surface area contributed by atoms with E-state index in [9.17, 15) is 9.90 Å². The highest BCUT2D eigenvalue weighted by Gasteiger charge is 2.28. The maximum absolute atomic E-state index is 11.4. The maximum Gasteiger partial charge on any atom is 0.222 e. The number of hydrogen-bond donors (Lipinski definition) is 5. The molecule has 7 aliphatic heterocycles. The van der Waals surface area contributed by atoms with Gasteiger partial charge >= 0.3 is 0 Å². The number of nitrogens with zero attached hydrogens (tertiary/aromatic N) is 11. The zero-order valence-electron chi connectivity index (χ0n) is 57.7. The molecule has 0 aliphatic carbocycles. The molecule has 0 saturated carbocycles. The Morgan fingerprint density at radius 3 is 1.18 bits per heavy atom. The number of carbonyl (C=O) groups excluding carboxylic acids is 1. The van der Waals surface area contributed by atoms with Crippen LogP contribution in [0.1, 0.15) is 155 Å². The fourth-order valence-electron chi connectivity index (χ4n) is 9.11. The van der Waals surface area contributed by atoms with Gasteiger partial charge in [0.15, 0.2) is 0 Å². The highest BCUT2D eigenvalue weighted by Crippen LogP contribution is 2.20. The Labute approximate surface area is 499 Å². The van der Waals surface area contributed by atoms with Crippen molar-refractivity contribution in [2.45, 2.75) is 191 Å². The lowest BCUT2D eigenvalue weighted by atomic mass is 9.94. The summed E-state index contributed by atoms with van der Waals surface area (Å²) in [6.07, 6.45) is 8.67. The van der Waals surface area contributed by atoms with Crippen LogP contribution in [0.3, 0.4) is 0 Å². The maximum atomic E-state index is 11.4. The van der Waals surface area contributed by atoms with Crippen LogP contribution in [0.25, 0.3) is 0 Å². The zero-order chi connectivity index (χ0) is 62.2. The summed E-state index contributed by atoms with van der Waals surface area (Å²) in [6, 6.07) is 2.55. The first-order chi connectivity index (χ1) is 37.9. The van der Waals surface area contributed by atoms with Crippen LogP contribution in [0.15, 0.2) is 0 Å². The normalized spacial score (nSPS) is 21.7. The lowest BCUT2D eigenvalue weighted by Gasteiger charge is -2.43. The van der Waals surface area contributed by atoms with E-state index in [0.717, 1.165) is 129 Å². The minimum Gasteiger partial charge on any atom is -0.395 e. The van der Waals surface area contributed by atoms with Crippen LogP contribution in [0.2, 0.25) is 0 Å². The zero-order valence-corrected chi connectivity index (χ0v) is 57.7. The minimum atomic E-state index is -0.382. The summed E-state index contributed by atoms with van der Waals surface area (Å²) in [5.41, 5.74) is -0.382. The second-order valence-corrected chi connectivity index (χ2v) is 23.5. The third kappa shape index (κ3) is 47.2. The Kier molecular flexibility index (Phi) is 58.1. The predicted octanol–water partition coefficient (Wildman–Crippen LogP) is 6.01. The Hall–Kier alpha value is -1.13. The number of rotatable bonds is 9. The van der Waals surface area contributed by atoms with Crippen molar-refractivity contribution in [3.05, 3.63) is 0 Å². The third-order valence-electron chi connectivity index (χ3n) is 15.7. The number of carbonyl (C=O) groups is 1. The summed E-state index contributed by atoms with van der Waals surface area (Å²) in [5, 5.41) is 38.6. The summed E-state index contributed by atoms with van der Waals surface area (Å²) in [5.74, 6) is 0.300. The van der Waals surface area contributed by atoms with E-state index >= 15 is 0 Å². The molecule has 7 heterocycles. The highest BCUT2D eigenvalue weighted by molar-refractivity contribution is 5.78. The molecular formula is C63H144N12O5. The molecule has 7 aliphatic rings. The molecule has 80 heavy (non-hydrogen) atoms. The van der Waals surface area contributed by atoms with Gasteiger partial charge in [0.25, 0.3) is 0 Å². The second kappa shape index (κ2) is 54.5. The molecule has 0 unspecified atom stereocenters. The molecule has 0 bridgehead atoms. The molecule has 486 valence electrons. The average Bonchev–Trinajstić information content (AvgIpc) is 3.46. The van der Waals surface area contributed by atoms with Crippen molar-refractivity contribution >= 4 is 5.91 Å². The van der Waals surface area contributed by atoms with Gasteiger partial charge in [0, 0.05) is 148 Å². The number of nitrogens with one attached hydrogen (secondary N) is 1.